The van der Waals surface area contributed by atoms with Crippen LogP contribution in [0.2, 0.25) is 0 Å². The smallest absolute Gasteiger partial charge is 0.141 e. The van der Waals surface area contributed by atoms with Crippen LogP contribution in [-0.4, -0.2) is 19.9 Å². The van der Waals surface area contributed by atoms with Gasteiger partial charge in [-0.3, -0.25) is 0 Å². The highest BCUT2D eigenvalue weighted by Gasteiger charge is 2.12. The Morgan fingerprint density at radius 2 is 2.20 bits per heavy atom. The molecule has 3 heterocycles. The summed E-state index contributed by atoms with van der Waals surface area (Å²) in [5.41, 5.74) is 2.88. The number of H-pyrrole nitrogens is 2. The predicted molar refractivity (Wildman–Crippen MR) is 59.5 cm³/mol. The van der Waals surface area contributed by atoms with Crippen molar-refractivity contribution in [1.82, 2.24) is 19.9 Å². The van der Waals surface area contributed by atoms with Crippen molar-refractivity contribution in [3.63, 3.8) is 0 Å². The second-order valence-electron chi connectivity index (χ2n) is 3.05. The molecule has 0 bridgehead atoms. The van der Waals surface area contributed by atoms with E-state index in [-0.39, 0.29) is 0 Å². The summed E-state index contributed by atoms with van der Waals surface area (Å²) in [6, 6.07) is 3.95. The number of thiazole rings is 1. The van der Waals surface area contributed by atoms with Gasteiger partial charge in [-0.15, -0.1) is 11.3 Å². The number of nitrogens with one attached hydrogen (secondary N) is 2. The second-order valence-corrected chi connectivity index (χ2v) is 3.94. The molecule has 3 rings (SSSR count). The van der Waals surface area contributed by atoms with E-state index in [4.69, 9.17) is 0 Å². The van der Waals surface area contributed by atoms with Gasteiger partial charge in [-0.05, 0) is 12.1 Å². The lowest BCUT2D eigenvalue weighted by Crippen LogP contribution is -1.82. The fourth-order valence-corrected chi connectivity index (χ4v) is 2.13. The Labute approximate surface area is 90.0 Å². The van der Waals surface area contributed by atoms with Crippen LogP contribution in [-0.2, 0) is 0 Å². The highest BCUT2D eigenvalue weighted by atomic mass is 32.1. The van der Waals surface area contributed by atoms with Gasteiger partial charge in [0, 0.05) is 17.8 Å². The fourth-order valence-electron chi connectivity index (χ4n) is 1.49. The number of nitrogens with zero attached hydrogens (tertiary/aromatic N) is 2. The molecule has 4 nitrogen and oxygen atoms in total. The van der Waals surface area contributed by atoms with Crippen LogP contribution < -0.4 is 0 Å². The van der Waals surface area contributed by atoms with E-state index in [0.717, 1.165) is 22.1 Å². The highest BCUT2D eigenvalue weighted by molar-refractivity contribution is 7.13. The zero-order valence-electron chi connectivity index (χ0n) is 7.77. The molecule has 0 spiro atoms. The quantitative estimate of drug-likeness (QED) is 0.691. The molecule has 0 atom stereocenters. The van der Waals surface area contributed by atoms with Gasteiger partial charge in [0.15, 0.2) is 0 Å². The number of rotatable bonds is 2. The molecule has 74 valence electrons. The SMILES string of the molecule is c1c[nH]c(-c2nc[nH]c2-c2nccs2)c1. The van der Waals surface area contributed by atoms with Crippen LogP contribution in [0.3, 0.4) is 0 Å². The number of hydrogen-bond acceptors (Lipinski definition) is 3. The molecule has 0 amide bonds. The van der Waals surface area contributed by atoms with E-state index in [1.165, 1.54) is 0 Å². The lowest BCUT2D eigenvalue weighted by atomic mass is 10.2. The van der Waals surface area contributed by atoms with E-state index in [1.807, 2.05) is 23.7 Å². The summed E-state index contributed by atoms with van der Waals surface area (Å²) >= 11 is 1.60. The normalized spacial score (nSPS) is 10.7. The second kappa shape index (κ2) is 3.36. The summed E-state index contributed by atoms with van der Waals surface area (Å²) < 4.78 is 0. The Morgan fingerprint density at radius 3 is 2.93 bits per heavy atom. The number of imidazole rings is 1. The monoisotopic (exact) mass is 216 g/mol. The number of aromatic nitrogens is 4. The van der Waals surface area contributed by atoms with Crippen LogP contribution in [0, 0.1) is 0 Å². The molecule has 0 aliphatic rings. The van der Waals surface area contributed by atoms with Crippen molar-refractivity contribution < 1.29 is 0 Å². The van der Waals surface area contributed by atoms with Gasteiger partial charge in [0.2, 0.25) is 0 Å². The molecule has 5 heteroatoms. The van der Waals surface area contributed by atoms with E-state index in [2.05, 4.69) is 19.9 Å². The number of hydrogen-bond donors (Lipinski definition) is 2. The summed E-state index contributed by atoms with van der Waals surface area (Å²) in [7, 11) is 0. The van der Waals surface area contributed by atoms with Crippen LogP contribution in [0.1, 0.15) is 0 Å². The molecular weight excluding hydrogens is 208 g/mol. The van der Waals surface area contributed by atoms with Crippen molar-refractivity contribution in [2.45, 2.75) is 0 Å². The first-order chi connectivity index (χ1) is 7.45. The maximum absolute atomic E-state index is 4.29. The van der Waals surface area contributed by atoms with Crippen molar-refractivity contribution >= 4 is 11.3 Å². The van der Waals surface area contributed by atoms with Crippen molar-refractivity contribution in [2.75, 3.05) is 0 Å². The summed E-state index contributed by atoms with van der Waals surface area (Å²) in [4.78, 5) is 14.8. The summed E-state index contributed by atoms with van der Waals surface area (Å²) in [5.74, 6) is 0. The molecule has 0 aromatic carbocycles. The average Bonchev–Trinajstić information content (AvgIpc) is 3.01. The van der Waals surface area contributed by atoms with Crippen molar-refractivity contribution in [2.24, 2.45) is 0 Å². The van der Waals surface area contributed by atoms with Gasteiger partial charge in [0.1, 0.15) is 16.4 Å². The molecule has 0 aliphatic heterocycles. The molecule has 0 saturated carbocycles. The van der Waals surface area contributed by atoms with Crippen LogP contribution >= 0.6 is 11.3 Å². The molecule has 0 fully saturated rings. The molecule has 0 unspecified atom stereocenters. The lowest BCUT2D eigenvalue weighted by Gasteiger charge is -1.96. The Hall–Kier alpha value is -1.88. The summed E-state index contributed by atoms with van der Waals surface area (Å²) in [5, 5.41) is 2.91. The van der Waals surface area contributed by atoms with E-state index < -0.39 is 0 Å². The minimum atomic E-state index is 0.912. The summed E-state index contributed by atoms with van der Waals surface area (Å²) in [6.07, 6.45) is 5.36. The van der Waals surface area contributed by atoms with Gasteiger partial charge in [-0.1, -0.05) is 0 Å². The standard InChI is InChI=1S/C10H8N4S/c1-2-7(11-3-1)8-9(14-6-13-8)10-12-4-5-15-10/h1-6,11H,(H,13,14). The van der Waals surface area contributed by atoms with Gasteiger partial charge in [0.25, 0.3) is 0 Å². The largest absolute Gasteiger partial charge is 0.360 e. The Bertz CT molecular complexity index is 487. The average molecular weight is 216 g/mol. The fraction of sp³-hybridized carbons (Fsp3) is 0. The predicted octanol–water partition coefficient (Wildman–Crippen LogP) is 2.53. The topological polar surface area (TPSA) is 57.4 Å². The Morgan fingerprint density at radius 1 is 1.20 bits per heavy atom. The third-order valence-electron chi connectivity index (χ3n) is 2.14. The maximum atomic E-state index is 4.29. The van der Waals surface area contributed by atoms with Gasteiger partial charge in [-0.2, -0.15) is 0 Å². The van der Waals surface area contributed by atoms with Crippen molar-refractivity contribution in [1.29, 1.82) is 0 Å². The maximum Gasteiger partial charge on any atom is 0.141 e. The molecule has 0 aliphatic carbocycles. The third-order valence-corrected chi connectivity index (χ3v) is 2.93. The van der Waals surface area contributed by atoms with Crippen molar-refractivity contribution in [3.05, 3.63) is 36.2 Å². The molecule has 3 aromatic rings. The first kappa shape index (κ1) is 8.43. The van der Waals surface area contributed by atoms with Crippen molar-refractivity contribution in [3.8, 4) is 22.1 Å². The first-order valence-corrected chi connectivity index (χ1v) is 5.40. The molecule has 3 aromatic heterocycles. The third kappa shape index (κ3) is 1.37. The van der Waals surface area contributed by atoms with Crippen LogP contribution in [0.15, 0.2) is 36.2 Å². The van der Waals surface area contributed by atoms with Crippen LogP contribution in [0.25, 0.3) is 22.1 Å². The van der Waals surface area contributed by atoms with Crippen LogP contribution in [0.5, 0.6) is 0 Å². The minimum Gasteiger partial charge on any atom is -0.360 e. The van der Waals surface area contributed by atoms with E-state index in [9.17, 15) is 0 Å². The van der Waals surface area contributed by atoms with Gasteiger partial charge >= 0.3 is 0 Å². The summed E-state index contributed by atoms with van der Waals surface area (Å²) in [6.45, 7) is 0. The molecule has 0 radical (unpaired) electrons. The first-order valence-electron chi connectivity index (χ1n) is 4.52. The zero-order chi connectivity index (χ0) is 10.1. The Balaban J connectivity index is 2.15. The Kier molecular flexibility index (Phi) is 1.89. The molecule has 15 heavy (non-hydrogen) atoms. The van der Waals surface area contributed by atoms with Gasteiger partial charge in [-0.25, -0.2) is 9.97 Å². The highest BCUT2D eigenvalue weighted by Crippen LogP contribution is 2.28. The molecular formula is C10H8N4S. The minimum absolute atomic E-state index is 0.912. The molecule has 2 N–H and O–H groups in total. The zero-order valence-corrected chi connectivity index (χ0v) is 8.58. The van der Waals surface area contributed by atoms with Gasteiger partial charge in [0.05, 0.1) is 12.0 Å². The lowest BCUT2D eigenvalue weighted by molar-refractivity contribution is 1.30. The van der Waals surface area contributed by atoms with Crippen LogP contribution in [0.4, 0.5) is 0 Å². The van der Waals surface area contributed by atoms with E-state index in [1.54, 1.807) is 23.9 Å². The molecule has 0 saturated heterocycles. The van der Waals surface area contributed by atoms with Gasteiger partial charge < -0.3 is 9.97 Å². The van der Waals surface area contributed by atoms with E-state index >= 15 is 0 Å². The van der Waals surface area contributed by atoms with E-state index in [0.29, 0.717) is 0 Å². The number of aromatic amines is 2.